The van der Waals surface area contributed by atoms with E-state index in [0.29, 0.717) is 6.20 Å². The van der Waals surface area contributed by atoms with Gasteiger partial charge in [0, 0.05) is 12.4 Å². The maximum absolute atomic E-state index is 12.4. The zero-order valence-corrected chi connectivity index (χ0v) is 8.31. The van der Waals surface area contributed by atoms with Gasteiger partial charge in [0.1, 0.15) is 0 Å². The number of nitrogens with one attached hydrogen (secondary N) is 1. The number of alkyl halides is 3. The van der Waals surface area contributed by atoms with E-state index in [2.05, 4.69) is 25.5 Å². The van der Waals surface area contributed by atoms with Gasteiger partial charge in [-0.1, -0.05) is 0 Å². The maximum atomic E-state index is 12.4. The topological polar surface area (TPSA) is 63.6 Å². The molecule has 0 fully saturated rings. The van der Waals surface area contributed by atoms with Crippen LogP contribution in [0.4, 0.5) is 24.9 Å². The van der Waals surface area contributed by atoms with E-state index in [0.717, 1.165) is 6.07 Å². The minimum atomic E-state index is -4.45. The normalized spacial score (nSPS) is 11.2. The second-order valence-corrected chi connectivity index (χ2v) is 3.02. The van der Waals surface area contributed by atoms with Crippen molar-refractivity contribution in [2.45, 2.75) is 6.18 Å². The largest absolute Gasteiger partial charge is 0.418 e. The van der Waals surface area contributed by atoms with Crippen LogP contribution in [-0.4, -0.2) is 20.2 Å². The molecule has 88 valence electrons. The van der Waals surface area contributed by atoms with Gasteiger partial charge in [0.05, 0.1) is 11.8 Å². The summed E-state index contributed by atoms with van der Waals surface area (Å²) in [6, 6.07) is 2.42. The van der Waals surface area contributed by atoms with E-state index in [9.17, 15) is 13.2 Å². The molecule has 17 heavy (non-hydrogen) atoms. The zero-order chi connectivity index (χ0) is 12.3. The number of rotatable bonds is 2. The molecule has 0 saturated heterocycles. The fourth-order valence-corrected chi connectivity index (χ4v) is 1.06. The van der Waals surface area contributed by atoms with Crippen molar-refractivity contribution in [1.29, 1.82) is 0 Å². The summed E-state index contributed by atoms with van der Waals surface area (Å²) in [5, 5.41) is 9.29. The summed E-state index contributed by atoms with van der Waals surface area (Å²) < 4.78 is 37.1. The molecule has 0 aromatic carbocycles. The van der Waals surface area contributed by atoms with Crippen LogP contribution < -0.4 is 5.32 Å². The van der Waals surface area contributed by atoms with Gasteiger partial charge in [0.25, 0.3) is 0 Å². The highest BCUT2D eigenvalue weighted by molar-refractivity contribution is 5.47. The van der Waals surface area contributed by atoms with E-state index < -0.39 is 11.7 Å². The molecule has 0 radical (unpaired) electrons. The zero-order valence-electron chi connectivity index (χ0n) is 8.31. The quantitative estimate of drug-likeness (QED) is 0.871. The van der Waals surface area contributed by atoms with E-state index >= 15 is 0 Å². The van der Waals surface area contributed by atoms with Gasteiger partial charge < -0.3 is 5.32 Å². The lowest BCUT2D eigenvalue weighted by atomic mass is 10.3. The van der Waals surface area contributed by atoms with Crippen molar-refractivity contribution in [2.75, 3.05) is 5.32 Å². The Kier molecular flexibility index (Phi) is 2.86. The molecule has 0 aliphatic heterocycles. The Balaban J connectivity index is 2.23. The van der Waals surface area contributed by atoms with E-state index in [4.69, 9.17) is 0 Å². The molecule has 2 heterocycles. The number of aromatic nitrogens is 4. The molecule has 0 aliphatic rings. The first-order valence-electron chi connectivity index (χ1n) is 4.50. The highest BCUT2D eigenvalue weighted by Gasteiger charge is 2.31. The average molecular weight is 241 g/mol. The van der Waals surface area contributed by atoms with Crippen LogP contribution in [0.2, 0.25) is 0 Å². The molecular formula is C9H6F3N5. The van der Waals surface area contributed by atoms with Crippen molar-refractivity contribution < 1.29 is 13.2 Å². The Labute approximate surface area is 93.7 Å². The van der Waals surface area contributed by atoms with Gasteiger partial charge in [-0.05, 0) is 12.1 Å². The molecule has 2 rings (SSSR count). The summed E-state index contributed by atoms with van der Waals surface area (Å²) in [7, 11) is 0. The smallest absolute Gasteiger partial charge is 0.307 e. The Morgan fingerprint density at radius 2 is 1.82 bits per heavy atom. The SMILES string of the molecule is FC(F)(F)c1cnnc(Nc2ncccn2)c1. The number of anilines is 2. The van der Waals surface area contributed by atoms with Crippen molar-refractivity contribution >= 4 is 11.8 Å². The van der Waals surface area contributed by atoms with E-state index in [1.54, 1.807) is 6.07 Å². The van der Waals surface area contributed by atoms with Crippen LogP contribution in [0.25, 0.3) is 0 Å². The van der Waals surface area contributed by atoms with E-state index in [-0.39, 0.29) is 11.8 Å². The summed E-state index contributed by atoms with van der Waals surface area (Å²) in [4.78, 5) is 7.59. The van der Waals surface area contributed by atoms with Crippen molar-refractivity contribution in [3.63, 3.8) is 0 Å². The van der Waals surface area contributed by atoms with Crippen LogP contribution >= 0.6 is 0 Å². The standard InChI is InChI=1S/C9H6F3N5/c10-9(11,12)6-4-7(17-15-5-6)16-8-13-2-1-3-14-8/h1-5H,(H,13,14,16,17). The Morgan fingerprint density at radius 3 is 2.47 bits per heavy atom. The predicted octanol–water partition coefficient (Wildman–Crippen LogP) is 2.03. The first-order valence-corrected chi connectivity index (χ1v) is 4.50. The summed E-state index contributed by atoms with van der Waals surface area (Å²) in [5.74, 6) is 0.0900. The fraction of sp³-hybridized carbons (Fsp3) is 0.111. The molecule has 0 amide bonds. The van der Waals surface area contributed by atoms with Gasteiger partial charge in [0.15, 0.2) is 5.82 Å². The number of hydrogen-bond donors (Lipinski definition) is 1. The lowest BCUT2D eigenvalue weighted by molar-refractivity contribution is -0.137. The van der Waals surface area contributed by atoms with Crippen molar-refractivity contribution in [3.05, 3.63) is 36.3 Å². The van der Waals surface area contributed by atoms with Gasteiger partial charge in [-0.2, -0.15) is 18.3 Å². The third-order valence-corrected chi connectivity index (χ3v) is 1.79. The van der Waals surface area contributed by atoms with Gasteiger partial charge in [-0.3, -0.25) is 0 Å². The van der Waals surface area contributed by atoms with Crippen LogP contribution in [0.3, 0.4) is 0 Å². The minimum Gasteiger partial charge on any atom is -0.307 e. The van der Waals surface area contributed by atoms with Gasteiger partial charge in [0.2, 0.25) is 5.95 Å². The fourth-order valence-electron chi connectivity index (χ4n) is 1.06. The summed E-state index contributed by atoms with van der Waals surface area (Å²) in [6.07, 6.45) is -0.895. The highest BCUT2D eigenvalue weighted by Crippen LogP contribution is 2.29. The monoisotopic (exact) mass is 241 g/mol. The molecule has 0 saturated carbocycles. The van der Waals surface area contributed by atoms with Crippen LogP contribution in [0.15, 0.2) is 30.7 Å². The molecule has 0 unspecified atom stereocenters. The van der Waals surface area contributed by atoms with Crippen LogP contribution in [-0.2, 0) is 6.18 Å². The average Bonchev–Trinajstić information content (AvgIpc) is 2.29. The first kappa shape index (κ1) is 11.2. The van der Waals surface area contributed by atoms with E-state index in [1.807, 2.05) is 0 Å². The molecular weight excluding hydrogens is 235 g/mol. The Morgan fingerprint density at radius 1 is 1.12 bits per heavy atom. The molecule has 1 N–H and O–H groups in total. The molecule has 0 aliphatic carbocycles. The number of halogens is 3. The number of nitrogens with zero attached hydrogens (tertiary/aromatic N) is 4. The van der Waals surface area contributed by atoms with Gasteiger partial charge in [-0.15, -0.1) is 5.10 Å². The second-order valence-electron chi connectivity index (χ2n) is 3.02. The summed E-state index contributed by atoms with van der Waals surface area (Å²) >= 11 is 0. The maximum Gasteiger partial charge on any atom is 0.418 e. The van der Waals surface area contributed by atoms with Crippen molar-refractivity contribution in [1.82, 2.24) is 20.2 Å². The molecule has 2 aromatic heterocycles. The summed E-state index contributed by atoms with van der Waals surface area (Å²) in [5.41, 5.74) is -0.883. The predicted molar refractivity (Wildman–Crippen MR) is 52.3 cm³/mol. The van der Waals surface area contributed by atoms with Gasteiger partial charge in [-0.25, -0.2) is 9.97 Å². The third-order valence-electron chi connectivity index (χ3n) is 1.79. The lowest BCUT2D eigenvalue weighted by Gasteiger charge is -2.07. The lowest BCUT2D eigenvalue weighted by Crippen LogP contribution is -2.08. The van der Waals surface area contributed by atoms with E-state index in [1.165, 1.54) is 12.4 Å². The molecule has 8 heteroatoms. The molecule has 0 spiro atoms. The Hall–Kier alpha value is -2.25. The highest BCUT2D eigenvalue weighted by atomic mass is 19.4. The Bertz CT molecular complexity index is 499. The van der Waals surface area contributed by atoms with Crippen LogP contribution in [0, 0.1) is 0 Å². The molecule has 2 aromatic rings. The molecule has 0 atom stereocenters. The van der Waals surface area contributed by atoms with Crippen LogP contribution in [0.5, 0.6) is 0 Å². The second kappa shape index (κ2) is 4.32. The summed E-state index contributed by atoms with van der Waals surface area (Å²) in [6.45, 7) is 0. The van der Waals surface area contributed by atoms with Gasteiger partial charge >= 0.3 is 6.18 Å². The van der Waals surface area contributed by atoms with Crippen molar-refractivity contribution in [2.24, 2.45) is 0 Å². The molecule has 0 bridgehead atoms. The number of hydrogen-bond acceptors (Lipinski definition) is 5. The van der Waals surface area contributed by atoms with Crippen LogP contribution in [0.1, 0.15) is 5.56 Å². The minimum absolute atomic E-state index is 0.0639. The third kappa shape index (κ3) is 2.86. The first-order chi connectivity index (χ1) is 8.05. The molecule has 5 nitrogen and oxygen atoms in total. The van der Waals surface area contributed by atoms with Crippen molar-refractivity contribution in [3.8, 4) is 0 Å².